The maximum absolute atomic E-state index is 12.4. The first-order valence-corrected chi connectivity index (χ1v) is 4.67. The molecule has 0 aliphatic heterocycles. The highest BCUT2D eigenvalue weighted by atomic mass is 19.4. The summed E-state index contributed by atoms with van der Waals surface area (Å²) in [5, 5.41) is 2.49. The smallest absolute Gasteiger partial charge is 0.433 e. The number of nitrogens with one attached hydrogen (secondary N) is 1. The second kappa shape index (κ2) is 5.38. The van der Waals surface area contributed by atoms with Crippen molar-refractivity contribution in [2.24, 2.45) is 5.73 Å². The van der Waals surface area contributed by atoms with Gasteiger partial charge in [-0.15, -0.1) is 0 Å². The van der Waals surface area contributed by atoms with Gasteiger partial charge in [0.15, 0.2) is 5.69 Å². The Labute approximate surface area is 99.3 Å². The number of ether oxygens (including phenoxy) is 1. The van der Waals surface area contributed by atoms with E-state index < -0.39 is 23.9 Å². The van der Waals surface area contributed by atoms with Gasteiger partial charge in [0.25, 0.3) is 0 Å². The summed E-state index contributed by atoms with van der Waals surface area (Å²) in [4.78, 5) is 16.8. The van der Waals surface area contributed by atoms with Gasteiger partial charge in [0.05, 0.1) is 6.54 Å². The largest absolute Gasteiger partial charge is 0.448 e. The molecule has 100 valence electrons. The van der Waals surface area contributed by atoms with Crippen LogP contribution in [0, 0.1) is 0 Å². The SMILES string of the molecule is NC(=O)OCCNc1cc(C(F)(F)F)nc(N)n1. The van der Waals surface area contributed by atoms with Gasteiger partial charge in [-0.05, 0) is 0 Å². The number of carbonyl (C=O) groups is 1. The number of aromatic nitrogens is 2. The predicted octanol–water partition coefficient (Wildman–Crippen LogP) is 0.585. The molecule has 5 N–H and O–H groups in total. The lowest BCUT2D eigenvalue weighted by Gasteiger charge is -2.10. The van der Waals surface area contributed by atoms with Crippen molar-refractivity contribution in [3.05, 3.63) is 11.8 Å². The molecule has 0 atom stereocenters. The summed E-state index contributed by atoms with van der Waals surface area (Å²) in [6.07, 6.45) is -5.59. The highest BCUT2D eigenvalue weighted by Gasteiger charge is 2.33. The average molecular weight is 265 g/mol. The van der Waals surface area contributed by atoms with Gasteiger partial charge in [-0.1, -0.05) is 0 Å². The Balaban J connectivity index is 2.66. The molecule has 0 unspecified atom stereocenters. The Hall–Kier alpha value is -2.26. The van der Waals surface area contributed by atoms with Crippen molar-refractivity contribution in [2.45, 2.75) is 6.18 Å². The molecule has 1 aromatic heterocycles. The van der Waals surface area contributed by atoms with Crippen molar-refractivity contribution in [3.63, 3.8) is 0 Å². The lowest BCUT2D eigenvalue weighted by atomic mass is 10.4. The topological polar surface area (TPSA) is 116 Å². The lowest BCUT2D eigenvalue weighted by molar-refractivity contribution is -0.141. The summed E-state index contributed by atoms with van der Waals surface area (Å²) < 4.78 is 41.5. The third kappa shape index (κ3) is 4.31. The molecule has 0 radical (unpaired) electrons. The van der Waals surface area contributed by atoms with Crippen LogP contribution in [0.1, 0.15) is 5.69 Å². The maximum atomic E-state index is 12.4. The van der Waals surface area contributed by atoms with E-state index >= 15 is 0 Å². The number of amides is 1. The molecule has 1 amide bonds. The molecule has 7 nitrogen and oxygen atoms in total. The number of anilines is 2. The molecule has 1 heterocycles. The van der Waals surface area contributed by atoms with Crippen molar-refractivity contribution in [2.75, 3.05) is 24.2 Å². The van der Waals surface area contributed by atoms with Crippen LogP contribution in [-0.2, 0) is 10.9 Å². The minimum Gasteiger partial charge on any atom is -0.448 e. The number of nitrogens with two attached hydrogens (primary N) is 2. The van der Waals surface area contributed by atoms with E-state index in [-0.39, 0.29) is 19.0 Å². The number of carbonyl (C=O) groups excluding carboxylic acids is 1. The van der Waals surface area contributed by atoms with Crippen molar-refractivity contribution in [1.82, 2.24) is 9.97 Å². The van der Waals surface area contributed by atoms with Gasteiger partial charge in [0.2, 0.25) is 5.95 Å². The first-order chi connectivity index (χ1) is 8.29. The Bertz CT molecular complexity index is 437. The molecule has 0 aliphatic rings. The summed E-state index contributed by atoms with van der Waals surface area (Å²) in [6.45, 7) is -0.0721. The van der Waals surface area contributed by atoms with Crippen LogP contribution in [0.25, 0.3) is 0 Å². The van der Waals surface area contributed by atoms with Gasteiger partial charge >= 0.3 is 12.3 Å². The van der Waals surface area contributed by atoms with Crippen LogP contribution in [0.15, 0.2) is 6.07 Å². The van der Waals surface area contributed by atoms with E-state index in [1.165, 1.54) is 0 Å². The standard InChI is InChI=1S/C8H10F3N5O2/c9-8(10,11)4-3-5(16-6(12)15-4)14-1-2-18-7(13)17/h3H,1-2H2,(H2,13,17)(H3,12,14,15,16). The van der Waals surface area contributed by atoms with Crippen LogP contribution in [0.2, 0.25) is 0 Å². The number of alkyl halides is 3. The maximum Gasteiger partial charge on any atom is 0.433 e. The van der Waals surface area contributed by atoms with E-state index in [1.54, 1.807) is 0 Å². The normalized spacial score (nSPS) is 11.1. The zero-order valence-corrected chi connectivity index (χ0v) is 8.99. The van der Waals surface area contributed by atoms with E-state index in [0.29, 0.717) is 6.07 Å². The first-order valence-electron chi connectivity index (χ1n) is 4.67. The third-order valence-electron chi connectivity index (χ3n) is 1.69. The van der Waals surface area contributed by atoms with Crippen molar-refractivity contribution >= 4 is 17.9 Å². The second-order valence-electron chi connectivity index (χ2n) is 3.09. The molecule has 0 aromatic carbocycles. The highest BCUT2D eigenvalue weighted by Crippen LogP contribution is 2.29. The molecule has 0 saturated carbocycles. The molecule has 0 spiro atoms. The molecule has 1 aromatic rings. The van der Waals surface area contributed by atoms with E-state index in [9.17, 15) is 18.0 Å². The van der Waals surface area contributed by atoms with Crippen LogP contribution in [0.5, 0.6) is 0 Å². The lowest BCUT2D eigenvalue weighted by Crippen LogP contribution is -2.19. The van der Waals surface area contributed by atoms with Crippen LogP contribution in [-0.4, -0.2) is 29.2 Å². The zero-order valence-electron chi connectivity index (χ0n) is 8.99. The minimum absolute atomic E-state index is 0.0384. The van der Waals surface area contributed by atoms with E-state index in [4.69, 9.17) is 11.5 Å². The Morgan fingerprint density at radius 2 is 2.11 bits per heavy atom. The van der Waals surface area contributed by atoms with E-state index in [0.717, 1.165) is 0 Å². The fraction of sp³-hybridized carbons (Fsp3) is 0.375. The number of hydrogen-bond donors (Lipinski definition) is 3. The van der Waals surface area contributed by atoms with Crippen molar-refractivity contribution < 1.29 is 22.7 Å². The number of hydrogen-bond acceptors (Lipinski definition) is 6. The van der Waals surface area contributed by atoms with Gasteiger partial charge < -0.3 is 21.5 Å². The molecule has 0 fully saturated rings. The first kappa shape index (κ1) is 13.8. The summed E-state index contributed by atoms with van der Waals surface area (Å²) in [5.41, 5.74) is 8.68. The Morgan fingerprint density at radius 3 is 2.67 bits per heavy atom. The molecule has 0 bridgehead atoms. The predicted molar refractivity (Wildman–Crippen MR) is 55.5 cm³/mol. The number of nitrogen functional groups attached to an aromatic ring is 1. The van der Waals surface area contributed by atoms with Crippen molar-refractivity contribution in [1.29, 1.82) is 0 Å². The van der Waals surface area contributed by atoms with E-state index in [1.807, 2.05) is 0 Å². The van der Waals surface area contributed by atoms with Gasteiger partial charge in [-0.25, -0.2) is 9.78 Å². The number of halogens is 3. The van der Waals surface area contributed by atoms with Crippen LogP contribution in [0.4, 0.5) is 29.7 Å². The quantitative estimate of drug-likeness (QED) is 0.686. The summed E-state index contributed by atoms with van der Waals surface area (Å²) >= 11 is 0. The van der Waals surface area contributed by atoms with Crippen LogP contribution >= 0.6 is 0 Å². The fourth-order valence-corrected chi connectivity index (χ4v) is 1.03. The summed E-state index contributed by atoms with van der Waals surface area (Å²) in [6, 6.07) is 0.695. The van der Waals surface area contributed by atoms with E-state index in [2.05, 4.69) is 20.0 Å². The minimum atomic E-state index is -4.61. The Kier molecular flexibility index (Phi) is 4.13. The monoisotopic (exact) mass is 265 g/mol. The fourth-order valence-electron chi connectivity index (χ4n) is 1.03. The van der Waals surface area contributed by atoms with Crippen molar-refractivity contribution in [3.8, 4) is 0 Å². The Morgan fingerprint density at radius 1 is 1.44 bits per heavy atom. The van der Waals surface area contributed by atoms with Gasteiger partial charge in [0, 0.05) is 6.07 Å². The summed E-state index contributed by atoms with van der Waals surface area (Å²) in [5.74, 6) is -0.633. The molecule has 10 heteroatoms. The third-order valence-corrected chi connectivity index (χ3v) is 1.69. The number of rotatable bonds is 4. The average Bonchev–Trinajstić information content (AvgIpc) is 2.22. The van der Waals surface area contributed by atoms with Gasteiger partial charge in [-0.2, -0.15) is 18.2 Å². The van der Waals surface area contributed by atoms with Crippen LogP contribution in [0.3, 0.4) is 0 Å². The molecule has 0 saturated heterocycles. The highest BCUT2D eigenvalue weighted by molar-refractivity contribution is 5.64. The molecule has 18 heavy (non-hydrogen) atoms. The van der Waals surface area contributed by atoms with Crippen LogP contribution < -0.4 is 16.8 Å². The molecular weight excluding hydrogens is 255 g/mol. The zero-order chi connectivity index (χ0) is 13.8. The van der Waals surface area contributed by atoms with Gasteiger partial charge in [0.1, 0.15) is 12.4 Å². The summed E-state index contributed by atoms with van der Waals surface area (Å²) in [7, 11) is 0. The second-order valence-corrected chi connectivity index (χ2v) is 3.09. The molecular formula is C8H10F3N5O2. The van der Waals surface area contributed by atoms with Gasteiger partial charge in [-0.3, -0.25) is 0 Å². The number of nitrogens with zero attached hydrogens (tertiary/aromatic N) is 2. The number of primary amides is 1. The molecule has 1 rings (SSSR count). The molecule has 0 aliphatic carbocycles.